The number of nitrogens with two attached hydrogens (primary N) is 1. The lowest BCUT2D eigenvalue weighted by atomic mass is 9.79. The van der Waals surface area contributed by atoms with Crippen LogP contribution in [0.4, 0.5) is 10.2 Å². The van der Waals surface area contributed by atoms with Gasteiger partial charge < -0.3 is 24.7 Å². The third-order valence-electron chi connectivity index (χ3n) is 8.11. The van der Waals surface area contributed by atoms with Gasteiger partial charge in [-0.25, -0.2) is 14.4 Å². The molecule has 1 saturated carbocycles. The van der Waals surface area contributed by atoms with Crippen LogP contribution < -0.4 is 10.5 Å². The SMILES string of the molecule is CC1(C)CCC(COc2cccc(-c3cn(C4CC(CN5CC[C@@H](F)C5)C4)c4ncnc(N)c34)c2)O1. The largest absolute Gasteiger partial charge is 0.491 e. The van der Waals surface area contributed by atoms with Gasteiger partial charge in [0.2, 0.25) is 0 Å². The number of nitrogen functional groups attached to an aromatic ring is 1. The Hall–Kier alpha value is -2.71. The summed E-state index contributed by atoms with van der Waals surface area (Å²) >= 11 is 0. The summed E-state index contributed by atoms with van der Waals surface area (Å²) in [6, 6.07) is 8.51. The second-order valence-corrected chi connectivity index (χ2v) is 11.4. The fourth-order valence-corrected chi connectivity index (χ4v) is 6.14. The van der Waals surface area contributed by atoms with E-state index in [2.05, 4.69) is 51.6 Å². The smallest absolute Gasteiger partial charge is 0.146 e. The molecule has 0 amide bonds. The van der Waals surface area contributed by atoms with Gasteiger partial charge in [-0.2, -0.15) is 0 Å². The Morgan fingerprint density at radius 2 is 2.08 bits per heavy atom. The third kappa shape index (κ3) is 4.68. The number of fused-ring (bicyclic) bond motifs is 1. The molecule has 2 atom stereocenters. The molecule has 192 valence electrons. The first kappa shape index (κ1) is 23.7. The van der Waals surface area contributed by atoms with Crippen molar-refractivity contribution in [2.75, 3.05) is 32.0 Å². The molecule has 0 radical (unpaired) electrons. The lowest BCUT2D eigenvalue weighted by Gasteiger charge is -2.38. The number of likely N-dealkylation sites (tertiary alicyclic amines) is 1. The lowest BCUT2D eigenvalue weighted by Crippen LogP contribution is -2.36. The first-order chi connectivity index (χ1) is 17.3. The molecule has 0 spiro atoms. The van der Waals surface area contributed by atoms with E-state index in [1.807, 2.05) is 12.1 Å². The zero-order valence-corrected chi connectivity index (χ0v) is 21.2. The van der Waals surface area contributed by atoms with E-state index >= 15 is 0 Å². The van der Waals surface area contributed by atoms with Crippen molar-refractivity contribution in [3.05, 3.63) is 36.8 Å². The van der Waals surface area contributed by atoms with E-state index < -0.39 is 6.17 Å². The quantitative estimate of drug-likeness (QED) is 0.498. The van der Waals surface area contributed by atoms with Crippen LogP contribution in [0.1, 0.15) is 52.0 Å². The van der Waals surface area contributed by atoms with Crippen molar-refractivity contribution in [3.8, 4) is 16.9 Å². The molecular formula is C28H36FN5O2. The monoisotopic (exact) mass is 493 g/mol. The number of benzene rings is 1. The Bertz CT molecular complexity index is 1240. The topological polar surface area (TPSA) is 78.4 Å². The molecule has 0 bridgehead atoms. The van der Waals surface area contributed by atoms with Gasteiger partial charge in [0, 0.05) is 37.4 Å². The molecule has 36 heavy (non-hydrogen) atoms. The van der Waals surface area contributed by atoms with E-state index in [4.69, 9.17) is 15.2 Å². The zero-order valence-electron chi connectivity index (χ0n) is 21.2. The standard InChI is InChI=1S/C28H36FN5O2/c1-28(2)8-6-23(36-28)16-35-22-5-3-4-19(12-22)24-15-34(27-25(24)26(30)31-17-32-27)21-10-18(11-21)13-33-9-7-20(29)14-33/h3-5,12,15,17-18,20-21,23H,6-11,13-14,16H2,1-2H3,(H2,30,31,32)/t18?,20-,21?,23?/m1/s1. The van der Waals surface area contributed by atoms with Crippen LogP contribution in [0.3, 0.4) is 0 Å². The molecule has 8 heteroatoms. The minimum absolute atomic E-state index is 0.0695. The number of hydrogen-bond acceptors (Lipinski definition) is 6. The second kappa shape index (κ2) is 9.30. The fraction of sp³-hybridized carbons (Fsp3) is 0.571. The Kier molecular flexibility index (Phi) is 6.12. The Balaban J connectivity index is 1.20. The van der Waals surface area contributed by atoms with E-state index in [1.165, 1.54) is 0 Å². The third-order valence-corrected chi connectivity index (χ3v) is 8.11. The van der Waals surface area contributed by atoms with E-state index in [0.29, 0.717) is 37.4 Å². The minimum Gasteiger partial charge on any atom is -0.491 e. The molecule has 3 aliphatic rings. The van der Waals surface area contributed by atoms with Crippen LogP contribution in [-0.4, -0.2) is 63.6 Å². The van der Waals surface area contributed by atoms with E-state index in [-0.39, 0.29) is 11.7 Å². The van der Waals surface area contributed by atoms with Crippen LogP contribution in [0, 0.1) is 5.92 Å². The number of aromatic nitrogens is 3. The van der Waals surface area contributed by atoms with Crippen LogP contribution in [0.25, 0.3) is 22.2 Å². The van der Waals surface area contributed by atoms with Crippen molar-refractivity contribution in [3.63, 3.8) is 0 Å². The molecule has 2 aromatic heterocycles. The maximum atomic E-state index is 13.6. The minimum atomic E-state index is -0.659. The molecule has 1 aromatic carbocycles. The number of nitrogens with zero attached hydrogens (tertiary/aromatic N) is 4. The molecule has 2 aliphatic heterocycles. The van der Waals surface area contributed by atoms with Crippen molar-refractivity contribution in [2.45, 2.75) is 69.9 Å². The average molecular weight is 494 g/mol. The summed E-state index contributed by atoms with van der Waals surface area (Å²) in [5, 5.41) is 0.888. The predicted octanol–water partition coefficient (Wildman–Crippen LogP) is 5.01. The van der Waals surface area contributed by atoms with Gasteiger partial charge in [-0.1, -0.05) is 12.1 Å². The number of rotatable bonds is 7. The van der Waals surface area contributed by atoms with Crippen molar-refractivity contribution in [2.24, 2.45) is 5.92 Å². The molecule has 4 heterocycles. The van der Waals surface area contributed by atoms with Crippen LogP contribution in [0.2, 0.25) is 0 Å². The maximum absolute atomic E-state index is 13.6. The molecule has 2 N–H and O–H groups in total. The molecule has 7 nitrogen and oxygen atoms in total. The number of halogens is 1. The number of alkyl halides is 1. The zero-order chi connectivity index (χ0) is 24.9. The fourth-order valence-electron chi connectivity index (χ4n) is 6.14. The summed E-state index contributed by atoms with van der Waals surface area (Å²) < 4.78 is 28.0. The molecule has 3 fully saturated rings. The van der Waals surface area contributed by atoms with Gasteiger partial charge in [-0.3, -0.25) is 0 Å². The molecule has 1 aliphatic carbocycles. The van der Waals surface area contributed by atoms with Crippen molar-refractivity contribution >= 4 is 16.9 Å². The second-order valence-electron chi connectivity index (χ2n) is 11.4. The summed E-state index contributed by atoms with van der Waals surface area (Å²) in [5.74, 6) is 1.90. The van der Waals surface area contributed by atoms with Gasteiger partial charge >= 0.3 is 0 Å². The first-order valence-corrected chi connectivity index (χ1v) is 13.2. The molecular weight excluding hydrogens is 457 g/mol. The molecule has 2 saturated heterocycles. The van der Waals surface area contributed by atoms with Gasteiger partial charge in [-0.05, 0) is 69.6 Å². The van der Waals surface area contributed by atoms with Crippen molar-refractivity contribution in [1.29, 1.82) is 0 Å². The molecule has 1 unspecified atom stereocenters. The van der Waals surface area contributed by atoms with Gasteiger partial charge in [-0.15, -0.1) is 0 Å². The van der Waals surface area contributed by atoms with Crippen LogP contribution in [-0.2, 0) is 4.74 Å². The highest BCUT2D eigenvalue weighted by Gasteiger charge is 2.35. The van der Waals surface area contributed by atoms with Gasteiger partial charge in [0.25, 0.3) is 0 Å². The highest BCUT2D eigenvalue weighted by Crippen LogP contribution is 2.43. The van der Waals surface area contributed by atoms with Crippen LogP contribution in [0.15, 0.2) is 36.8 Å². The van der Waals surface area contributed by atoms with Gasteiger partial charge in [0.05, 0.1) is 17.1 Å². The number of ether oxygens (including phenoxy) is 2. The van der Waals surface area contributed by atoms with Crippen molar-refractivity contribution < 1.29 is 13.9 Å². The molecule has 3 aromatic rings. The Morgan fingerprint density at radius 3 is 2.83 bits per heavy atom. The van der Waals surface area contributed by atoms with Gasteiger partial charge in [0.15, 0.2) is 0 Å². The highest BCUT2D eigenvalue weighted by atomic mass is 19.1. The van der Waals surface area contributed by atoms with Crippen molar-refractivity contribution in [1.82, 2.24) is 19.4 Å². The Morgan fingerprint density at radius 1 is 1.22 bits per heavy atom. The van der Waals surface area contributed by atoms with E-state index in [1.54, 1.807) is 6.33 Å². The van der Waals surface area contributed by atoms with E-state index in [9.17, 15) is 4.39 Å². The summed E-state index contributed by atoms with van der Waals surface area (Å²) in [4.78, 5) is 11.2. The maximum Gasteiger partial charge on any atom is 0.146 e. The summed E-state index contributed by atoms with van der Waals surface area (Å²) in [6.07, 6.45) is 8.06. The normalized spacial score (nSPS) is 28.0. The Labute approximate surface area is 211 Å². The van der Waals surface area contributed by atoms with Crippen LogP contribution in [0.5, 0.6) is 5.75 Å². The summed E-state index contributed by atoms with van der Waals surface area (Å²) in [7, 11) is 0. The van der Waals surface area contributed by atoms with Crippen LogP contribution >= 0.6 is 0 Å². The predicted molar refractivity (Wildman–Crippen MR) is 139 cm³/mol. The summed E-state index contributed by atoms with van der Waals surface area (Å²) in [6.45, 7) is 7.26. The highest BCUT2D eigenvalue weighted by molar-refractivity contribution is 6.00. The number of hydrogen-bond donors (Lipinski definition) is 1. The lowest BCUT2D eigenvalue weighted by molar-refractivity contribution is -0.0326. The average Bonchev–Trinajstić information content (AvgIpc) is 3.52. The molecule has 6 rings (SSSR count). The summed E-state index contributed by atoms with van der Waals surface area (Å²) in [5.41, 5.74) is 9.23. The van der Waals surface area contributed by atoms with Gasteiger partial charge in [0.1, 0.15) is 36.3 Å². The number of anilines is 1. The van der Waals surface area contributed by atoms with E-state index in [0.717, 1.165) is 66.7 Å². The first-order valence-electron chi connectivity index (χ1n) is 13.2.